The lowest BCUT2D eigenvalue weighted by Crippen LogP contribution is -2.44. The fourth-order valence-corrected chi connectivity index (χ4v) is 3.24. The number of nitrogens with zero attached hydrogens (tertiary/aromatic N) is 1. The molecule has 0 saturated heterocycles. The predicted molar refractivity (Wildman–Crippen MR) is 101 cm³/mol. The van der Waals surface area contributed by atoms with Gasteiger partial charge in [-0.05, 0) is 18.4 Å². The first-order chi connectivity index (χ1) is 11.9. The lowest BCUT2D eigenvalue weighted by Gasteiger charge is -2.26. The van der Waals surface area contributed by atoms with Gasteiger partial charge in [0.05, 0.1) is 17.7 Å². The van der Waals surface area contributed by atoms with Gasteiger partial charge in [-0.3, -0.25) is 14.9 Å². The van der Waals surface area contributed by atoms with Crippen LogP contribution in [0.2, 0.25) is 0 Å². The Hall–Kier alpha value is -1.90. The molecule has 26 heavy (non-hydrogen) atoms. The molecule has 0 bridgehead atoms. The molecule has 146 valence electrons. The van der Waals surface area contributed by atoms with Crippen LogP contribution in [-0.4, -0.2) is 35.2 Å². The maximum Gasteiger partial charge on any atom is 0.271 e. The van der Waals surface area contributed by atoms with Crippen molar-refractivity contribution in [1.29, 1.82) is 0 Å². The van der Waals surface area contributed by atoms with E-state index in [0.29, 0.717) is 12.3 Å². The molecule has 8 nitrogen and oxygen atoms in total. The van der Waals surface area contributed by atoms with Crippen molar-refractivity contribution in [2.75, 3.05) is 12.4 Å². The number of nitrogens with two attached hydrogens (primary N) is 1. The average Bonchev–Trinajstić information content (AvgIpc) is 2.61. The summed E-state index contributed by atoms with van der Waals surface area (Å²) < 4.78 is 5.09. The number of nitro groups is 1. The lowest BCUT2D eigenvalue weighted by molar-refractivity contribution is -0.384. The van der Waals surface area contributed by atoms with Crippen LogP contribution in [0.25, 0.3) is 0 Å². The molecule has 0 aliphatic heterocycles. The Bertz CT molecular complexity index is 622. The van der Waals surface area contributed by atoms with Crippen molar-refractivity contribution in [3.63, 3.8) is 0 Å². The van der Waals surface area contributed by atoms with Gasteiger partial charge in [0, 0.05) is 18.2 Å². The van der Waals surface area contributed by atoms with Gasteiger partial charge in [0.25, 0.3) is 11.6 Å². The number of rotatable bonds is 7. The van der Waals surface area contributed by atoms with Crippen molar-refractivity contribution in [3.05, 3.63) is 28.3 Å². The minimum absolute atomic E-state index is 0. The summed E-state index contributed by atoms with van der Waals surface area (Å²) in [7, 11) is 1.39. The predicted octanol–water partition coefficient (Wildman–Crippen LogP) is 2.62. The number of hydrogen-bond donors (Lipinski definition) is 3. The zero-order valence-corrected chi connectivity index (χ0v) is 15.5. The quantitative estimate of drug-likeness (QED) is 0.487. The van der Waals surface area contributed by atoms with E-state index < -0.39 is 23.0 Å². The minimum atomic E-state index is -1.38. The van der Waals surface area contributed by atoms with E-state index in [9.17, 15) is 20.0 Å². The zero-order chi connectivity index (χ0) is 18.4. The Morgan fingerprint density at radius 3 is 2.65 bits per heavy atom. The molecule has 1 fully saturated rings. The van der Waals surface area contributed by atoms with Crippen LogP contribution in [0.3, 0.4) is 0 Å². The fraction of sp³-hybridized carbons (Fsp3) is 0.588. The molecule has 1 unspecified atom stereocenters. The van der Waals surface area contributed by atoms with Gasteiger partial charge in [-0.15, -0.1) is 12.4 Å². The van der Waals surface area contributed by atoms with Gasteiger partial charge in [0.15, 0.2) is 0 Å². The Labute approximate surface area is 158 Å². The average molecular weight is 388 g/mol. The Morgan fingerprint density at radius 1 is 1.42 bits per heavy atom. The number of nitrogens with one attached hydrogen (secondary N) is 1. The van der Waals surface area contributed by atoms with Gasteiger partial charge in [-0.2, -0.15) is 0 Å². The molecule has 0 aromatic heterocycles. The Kier molecular flexibility index (Phi) is 8.77. The molecule has 1 aromatic carbocycles. The van der Waals surface area contributed by atoms with Crippen LogP contribution in [0.15, 0.2) is 18.2 Å². The first kappa shape index (κ1) is 22.1. The van der Waals surface area contributed by atoms with Crippen LogP contribution in [0.1, 0.15) is 38.5 Å². The molecule has 0 radical (unpaired) electrons. The van der Waals surface area contributed by atoms with Gasteiger partial charge in [0.2, 0.25) is 0 Å². The number of non-ortho nitro benzene ring substituents is 1. The van der Waals surface area contributed by atoms with E-state index in [1.54, 1.807) is 0 Å². The monoisotopic (exact) mass is 387 g/mol. The Balaban J connectivity index is 0.00000338. The van der Waals surface area contributed by atoms with Crippen LogP contribution >= 0.6 is 12.4 Å². The second-order valence-corrected chi connectivity index (χ2v) is 6.48. The van der Waals surface area contributed by atoms with Gasteiger partial charge in [-0.1, -0.05) is 32.1 Å². The summed E-state index contributed by atoms with van der Waals surface area (Å²) in [6, 6.07) is 3.19. The smallest absolute Gasteiger partial charge is 0.271 e. The summed E-state index contributed by atoms with van der Waals surface area (Å²) >= 11 is 0. The summed E-state index contributed by atoms with van der Waals surface area (Å²) in [5.41, 5.74) is 5.95. The van der Waals surface area contributed by atoms with E-state index in [-0.39, 0.29) is 29.5 Å². The Morgan fingerprint density at radius 2 is 2.08 bits per heavy atom. The van der Waals surface area contributed by atoms with Gasteiger partial charge >= 0.3 is 0 Å². The summed E-state index contributed by atoms with van der Waals surface area (Å²) in [5.74, 6) is 0.00709. The maximum atomic E-state index is 12.3. The van der Waals surface area contributed by atoms with Gasteiger partial charge in [-0.25, -0.2) is 0 Å². The van der Waals surface area contributed by atoms with Crippen LogP contribution in [0.5, 0.6) is 5.75 Å². The first-order valence-electron chi connectivity index (χ1n) is 8.49. The molecular weight excluding hydrogens is 362 g/mol. The summed E-state index contributed by atoms with van der Waals surface area (Å²) in [4.78, 5) is 22.6. The highest BCUT2D eigenvalue weighted by molar-refractivity contribution is 5.96. The molecule has 1 aliphatic carbocycles. The number of hydrogen-bond acceptors (Lipinski definition) is 6. The standard InChI is InChI=1S/C17H25N3O5.ClH/c1-25-15-8-7-12(20(23)24)10-14(15)19-17(22)16(21)13(18)9-11-5-3-2-4-6-11;/h7-8,10-11,13,16,21H,2-6,9,18H2,1H3,(H,19,22);1H/t13-,16?;/m1./s1. The van der Waals surface area contributed by atoms with Crippen molar-refractivity contribution in [2.24, 2.45) is 11.7 Å². The number of nitro benzene ring substituents is 1. The fourth-order valence-electron chi connectivity index (χ4n) is 3.24. The summed E-state index contributed by atoms with van der Waals surface area (Å²) in [6.45, 7) is 0. The second kappa shape index (κ2) is 10.3. The first-order valence-corrected chi connectivity index (χ1v) is 8.49. The highest BCUT2D eigenvalue weighted by atomic mass is 35.5. The number of benzene rings is 1. The number of amides is 1. The molecule has 9 heteroatoms. The molecule has 1 amide bonds. The second-order valence-electron chi connectivity index (χ2n) is 6.48. The molecule has 1 aromatic rings. The highest BCUT2D eigenvalue weighted by Crippen LogP contribution is 2.30. The van der Waals surface area contributed by atoms with E-state index in [1.165, 1.54) is 31.7 Å². The van der Waals surface area contributed by atoms with Crippen molar-refractivity contribution < 1.29 is 19.6 Å². The topological polar surface area (TPSA) is 128 Å². The molecular formula is C17H26ClN3O5. The van der Waals surface area contributed by atoms with Crippen molar-refractivity contribution in [3.8, 4) is 5.75 Å². The maximum absolute atomic E-state index is 12.3. The normalized spacial score (nSPS) is 16.9. The van der Waals surface area contributed by atoms with Crippen molar-refractivity contribution >= 4 is 29.7 Å². The molecule has 2 atom stereocenters. The molecule has 1 aliphatic rings. The molecule has 4 N–H and O–H groups in total. The highest BCUT2D eigenvalue weighted by Gasteiger charge is 2.27. The van der Waals surface area contributed by atoms with Crippen molar-refractivity contribution in [1.82, 2.24) is 0 Å². The molecule has 0 spiro atoms. The van der Waals surface area contributed by atoms with E-state index in [2.05, 4.69) is 5.32 Å². The van der Waals surface area contributed by atoms with E-state index in [1.807, 2.05) is 0 Å². The number of halogens is 1. The minimum Gasteiger partial charge on any atom is -0.495 e. The number of carbonyl (C=O) groups excluding carboxylic acids is 1. The third-order valence-corrected chi connectivity index (χ3v) is 4.66. The van der Waals surface area contributed by atoms with Gasteiger partial charge in [0.1, 0.15) is 11.9 Å². The van der Waals surface area contributed by atoms with Crippen LogP contribution < -0.4 is 15.8 Å². The molecule has 1 saturated carbocycles. The number of aliphatic hydroxyl groups excluding tert-OH is 1. The van der Waals surface area contributed by atoms with E-state index in [4.69, 9.17) is 10.5 Å². The number of anilines is 1. The summed E-state index contributed by atoms with van der Waals surface area (Å²) in [5, 5.41) is 23.6. The van der Waals surface area contributed by atoms with E-state index >= 15 is 0 Å². The summed E-state index contributed by atoms with van der Waals surface area (Å²) in [6.07, 6.45) is 4.88. The zero-order valence-electron chi connectivity index (χ0n) is 14.7. The van der Waals surface area contributed by atoms with Crippen LogP contribution in [-0.2, 0) is 4.79 Å². The van der Waals surface area contributed by atoms with Crippen LogP contribution in [0.4, 0.5) is 11.4 Å². The van der Waals surface area contributed by atoms with E-state index in [0.717, 1.165) is 25.7 Å². The number of methoxy groups -OCH3 is 1. The number of aliphatic hydroxyl groups is 1. The molecule has 2 rings (SSSR count). The SMILES string of the molecule is COc1ccc([N+](=O)[O-])cc1NC(=O)C(O)[C@H](N)CC1CCCCC1.Cl. The molecule has 0 heterocycles. The largest absolute Gasteiger partial charge is 0.495 e. The van der Waals surface area contributed by atoms with Gasteiger partial charge < -0.3 is 20.9 Å². The number of ether oxygens (including phenoxy) is 1. The van der Waals surface area contributed by atoms with Crippen molar-refractivity contribution in [2.45, 2.75) is 50.7 Å². The third kappa shape index (κ3) is 5.82. The lowest BCUT2D eigenvalue weighted by atomic mass is 9.84. The number of carbonyl (C=O) groups is 1. The third-order valence-electron chi connectivity index (χ3n) is 4.66. The van der Waals surface area contributed by atoms with Crippen LogP contribution in [0, 0.1) is 16.0 Å².